The van der Waals surface area contributed by atoms with E-state index in [1.807, 2.05) is 24.3 Å². The van der Waals surface area contributed by atoms with Crippen molar-refractivity contribution in [2.45, 2.75) is 62.8 Å². The molecule has 1 aliphatic heterocycles. The van der Waals surface area contributed by atoms with E-state index in [1.54, 1.807) is 0 Å². The number of benzene rings is 2. The van der Waals surface area contributed by atoms with Gasteiger partial charge in [-0.15, -0.1) is 0 Å². The second kappa shape index (κ2) is 8.67. The van der Waals surface area contributed by atoms with Gasteiger partial charge in [0.2, 0.25) is 5.79 Å². The second-order valence-corrected chi connectivity index (χ2v) is 9.07. The molecule has 2 aromatic carbocycles. The first-order valence-corrected chi connectivity index (χ1v) is 10.2. The highest BCUT2D eigenvalue weighted by Gasteiger charge is 2.53. The fourth-order valence-corrected chi connectivity index (χ4v) is 3.81. The number of nitriles is 1. The third-order valence-electron chi connectivity index (χ3n) is 5.82. The predicted octanol–water partition coefficient (Wildman–Crippen LogP) is 1.07. The fraction of sp³-hybridized carbons (Fsp3) is 0.458. The van der Waals surface area contributed by atoms with Crippen molar-refractivity contribution in [2.75, 3.05) is 6.61 Å². The Hall–Kier alpha value is -2.31. The van der Waals surface area contributed by atoms with Crippen molar-refractivity contribution in [2.24, 2.45) is 0 Å². The predicted molar refractivity (Wildman–Crippen MR) is 113 cm³/mol. The Morgan fingerprint density at radius 2 is 1.68 bits per heavy atom. The Kier molecular flexibility index (Phi) is 6.53. The van der Waals surface area contributed by atoms with Crippen LogP contribution in [0.1, 0.15) is 48.6 Å². The summed E-state index contributed by atoms with van der Waals surface area (Å²) < 4.78 is 5.40. The van der Waals surface area contributed by atoms with Crippen LogP contribution in [0.5, 0.6) is 0 Å². The molecule has 5 N–H and O–H groups in total. The second-order valence-electron chi connectivity index (χ2n) is 9.07. The van der Waals surface area contributed by atoms with Crippen molar-refractivity contribution in [1.82, 2.24) is 0 Å². The smallest absolute Gasteiger partial charge is 0.222 e. The zero-order valence-electron chi connectivity index (χ0n) is 17.9. The molecule has 1 saturated heterocycles. The number of hydrogen-bond acceptors (Lipinski definition) is 7. The maximum Gasteiger partial charge on any atom is 0.222 e. The zero-order chi connectivity index (χ0) is 23.0. The van der Waals surface area contributed by atoms with Gasteiger partial charge in [-0.2, -0.15) is 5.26 Å². The van der Waals surface area contributed by atoms with Crippen LogP contribution in [-0.2, 0) is 22.4 Å². The average Bonchev–Trinajstić information content (AvgIpc) is 2.74. The van der Waals surface area contributed by atoms with E-state index in [0.29, 0.717) is 17.5 Å². The fourth-order valence-electron chi connectivity index (χ4n) is 3.81. The van der Waals surface area contributed by atoms with E-state index in [4.69, 9.17) is 4.74 Å². The number of aliphatic hydroxyl groups is 5. The van der Waals surface area contributed by atoms with Crippen molar-refractivity contribution < 1.29 is 30.3 Å². The molecule has 1 aliphatic rings. The van der Waals surface area contributed by atoms with E-state index in [9.17, 15) is 30.8 Å². The van der Waals surface area contributed by atoms with Crippen LogP contribution < -0.4 is 0 Å². The van der Waals surface area contributed by atoms with Crippen molar-refractivity contribution in [1.29, 1.82) is 5.26 Å². The molecule has 3 rings (SSSR count). The zero-order valence-corrected chi connectivity index (χ0v) is 17.9. The minimum Gasteiger partial charge on any atom is -0.394 e. The molecule has 2 aromatic rings. The largest absolute Gasteiger partial charge is 0.394 e. The SMILES string of the molecule is CC(C)(C)c1ccc(Cc2cc([C@]3(O)O[C@H](CO)[C@@H](O)[C@H](O)[C@H]3O)ccc2C#N)cc1. The van der Waals surface area contributed by atoms with Crippen molar-refractivity contribution in [3.05, 3.63) is 70.3 Å². The Bertz CT molecular complexity index is 960. The quantitative estimate of drug-likeness (QED) is 0.493. The highest BCUT2D eigenvalue weighted by atomic mass is 16.7. The van der Waals surface area contributed by atoms with Crippen LogP contribution in [0.25, 0.3) is 0 Å². The number of aliphatic hydroxyl groups excluding tert-OH is 4. The molecule has 7 heteroatoms. The molecule has 0 radical (unpaired) electrons. The molecule has 166 valence electrons. The maximum absolute atomic E-state index is 11.0. The first-order chi connectivity index (χ1) is 14.5. The Balaban J connectivity index is 1.96. The topological polar surface area (TPSA) is 134 Å². The molecule has 7 nitrogen and oxygen atoms in total. The van der Waals surface area contributed by atoms with Crippen LogP contribution in [0.4, 0.5) is 0 Å². The summed E-state index contributed by atoms with van der Waals surface area (Å²) >= 11 is 0. The van der Waals surface area contributed by atoms with Crippen LogP contribution in [0.3, 0.4) is 0 Å². The number of nitrogens with zero attached hydrogens (tertiary/aromatic N) is 1. The van der Waals surface area contributed by atoms with Gasteiger partial charge in [0.05, 0.1) is 18.2 Å². The molecule has 0 aromatic heterocycles. The number of ether oxygens (including phenoxy) is 1. The van der Waals surface area contributed by atoms with Crippen molar-refractivity contribution in [3.63, 3.8) is 0 Å². The van der Waals surface area contributed by atoms with Gasteiger partial charge in [-0.1, -0.05) is 51.1 Å². The summed E-state index contributed by atoms with van der Waals surface area (Å²) in [4.78, 5) is 0. The molecule has 0 spiro atoms. The molecule has 5 atom stereocenters. The van der Waals surface area contributed by atoms with Gasteiger partial charge in [-0.25, -0.2) is 0 Å². The first-order valence-electron chi connectivity index (χ1n) is 10.2. The van der Waals surface area contributed by atoms with Crippen LogP contribution in [0.2, 0.25) is 0 Å². The molecule has 0 unspecified atom stereocenters. The average molecular weight is 427 g/mol. The lowest BCUT2D eigenvalue weighted by Gasteiger charge is -2.45. The Labute approximate surface area is 181 Å². The Morgan fingerprint density at radius 1 is 1.03 bits per heavy atom. The van der Waals surface area contributed by atoms with Gasteiger partial charge in [-0.05, 0) is 40.7 Å². The van der Waals surface area contributed by atoms with Gasteiger partial charge >= 0.3 is 0 Å². The van der Waals surface area contributed by atoms with Gasteiger partial charge in [0.15, 0.2) is 0 Å². The van der Waals surface area contributed by atoms with Gasteiger partial charge in [-0.3, -0.25) is 0 Å². The van der Waals surface area contributed by atoms with E-state index >= 15 is 0 Å². The molecular formula is C24H29NO6. The lowest BCUT2D eigenvalue weighted by Crippen LogP contribution is -2.63. The number of hydrogen-bond donors (Lipinski definition) is 5. The van der Waals surface area contributed by atoms with E-state index in [2.05, 4.69) is 26.8 Å². The highest BCUT2D eigenvalue weighted by Crippen LogP contribution is 2.37. The Morgan fingerprint density at radius 3 is 2.23 bits per heavy atom. The third kappa shape index (κ3) is 4.51. The van der Waals surface area contributed by atoms with Crippen molar-refractivity contribution >= 4 is 0 Å². The van der Waals surface area contributed by atoms with Crippen LogP contribution >= 0.6 is 0 Å². The van der Waals surface area contributed by atoms with Crippen LogP contribution in [0.15, 0.2) is 42.5 Å². The summed E-state index contributed by atoms with van der Waals surface area (Å²) in [6, 6.07) is 14.6. The first kappa shape index (κ1) is 23.4. The summed E-state index contributed by atoms with van der Waals surface area (Å²) in [5, 5.41) is 60.5. The number of rotatable bonds is 4. The molecule has 0 bridgehead atoms. The molecule has 0 amide bonds. The molecule has 1 heterocycles. The van der Waals surface area contributed by atoms with Crippen LogP contribution in [-0.4, -0.2) is 56.6 Å². The summed E-state index contributed by atoms with van der Waals surface area (Å²) in [6.45, 7) is 5.72. The van der Waals surface area contributed by atoms with Gasteiger partial charge in [0.1, 0.15) is 24.4 Å². The summed E-state index contributed by atoms with van der Waals surface area (Å²) in [6.07, 6.45) is -6.01. The van der Waals surface area contributed by atoms with Crippen LogP contribution in [0, 0.1) is 11.3 Å². The maximum atomic E-state index is 11.0. The minimum absolute atomic E-state index is 0.0165. The summed E-state index contributed by atoms with van der Waals surface area (Å²) in [5.74, 6) is -2.36. The standard InChI is InChI=1S/C24H29NO6/c1-23(2,3)17-7-4-14(5-8-17)10-16-11-18(9-6-15(16)12-25)24(30)22(29)21(28)20(27)19(13-26)31-24/h4-9,11,19-22,26-30H,10,13H2,1-3H3/t19-,20-,21+,22-,24+/m1/s1. The molecule has 0 aliphatic carbocycles. The molecule has 1 fully saturated rings. The van der Waals surface area contributed by atoms with Gasteiger partial charge < -0.3 is 30.3 Å². The highest BCUT2D eigenvalue weighted by molar-refractivity contribution is 5.45. The normalized spacial score (nSPS) is 28.9. The van der Waals surface area contributed by atoms with E-state index in [0.717, 1.165) is 5.56 Å². The summed E-state index contributed by atoms with van der Waals surface area (Å²) in [5.41, 5.74) is 3.28. The van der Waals surface area contributed by atoms with E-state index < -0.39 is 36.8 Å². The lowest BCUT2D eigenvalue weighted by molar-refractivity contribution is -0.357. The third-order valence-corrected chi connectivity index (χ3v) is 5.82. The lowest BCUT2D eigenvalue weighted by atomic mass is 9.85. The molecular weight excluding hydrogens is 398 g/mol. The van der Waals surface area contributed by atoms with Gasteiger partial charge in [0.25, 0.3) is 0 Å². The monoisotopic (exact) mass is 427 g/mol. The van der Waals surface area contributed by atoms with E-state index in [-0.39, 0.29) is 11.0 Å². The summed E-state index contributed by atoms with van der Waals surface area (Å²) in [7, 11) is 0. The minimum atomic E-state index is -2.36. The van der Waals surface area contributed by atoms with E-state index in [1.165, 1.54) is 23.8 Å². The van der Waals surface area contributed by atoms with Crippen molar-refractivity contribution in [3.8, 4) is 6.07 Å². The molecule has 0 saturated carbocycles. The molecule has 31 heavy (non-hydrogen) atoms. The van der Waals surface area contributed by atoms with Gasteiger partial charge in [0, 0.05) is 5.56 Å².